The quantitative estimate of drug-likeness (QED) is 0.670. The molecule has 0 spiro atoms. The van der Waals surface area contributed by atoms with E-state index in [4.69, 9.17) is 16.6 Å². The van der Waals surface area contributed by atoms with E-state index in [1.54, 1.807) is 16.9 Å². The van der Waals surface area contributed by atoms with Crippen LogP contribution in [0.1, 0.15) is 46.2 Å². The van der Waals surface area contributed by atoms with Crippen molar-refractivity contribution >= 4 is 17.5 Å². The first-order valence-corrected chi connectivity index (χ1v) is 9.96. The molecule has 1 aromatic carbocycles. The van der Waals surface area contributed by atoms with E-state index in [2.05, 4.69) is 11.2 Å². The molecular weight excluding hydrogens is 372 g/mol. The summed E-state index contributed by atoms with van der Waals surface area (Å²) in [5.41, 5.74) is 3.62. The van der Waals surface area contributed by atoms with Gasteiger partial charge in [0, 0.05) is 55.1 Å². The fraction of sp³-hybridized carbons (Fsp3) is 0.318. The van der Waals surface area contributed by atoms with Crippen LogP contribution in [0.3, 0.4) is 0 Å². The maximum atomic E-state index is 12.8. The fourth-order valence-corrected chi connectivity index (χ4v) is 3.96. The molecule has 2 aromatic heterocycles. The van der Waals surface area contributed by atoms with Crippen molar-refractivity contribution in [3.63, 3.8) is 0 Å². The summed E-state index contributed by atoms with van der Waals surface area (Å²) in [6.45, 7) is 1.45. The van der Waals surface area contributed by atoms with E-state index in [9.17, 15) is 4.79 Å². The normalized spacial score (nSPS) is 16.9. The van der Waals surface area contributed by atoms with E-state index in [1.165, 1.54) is 0 Å². The Labute approximate surface area is 170 Å². The largest absolute Gasteiger partial charge is 0.337 e. The predicted molar refractivity (Wildman–Crippen MR) is 110 cm³/mol. The van der Waals surface area contributed by atoms with E-state index in [0.717, 1.165) is 41.4 Å². The number of piperidine rings is 1. The fourth-order valence-electron chi connectivity index (χ4n) is 3.75. The highest BCUT2D eigenvalue weighted by molar-refractivity contribution is 6.31. The summed E-state index contributed by atoms with van der Waals surface area (Å²) >= 11 is 6.30. The molecule has 4 rings (SSSR count). The number of carbonyl (C=O) groups is 1. The van der Waals surface area contributed by atoms with E-state index >= 15 is 0 Å². The van der Waals surface area contributed by atoms with Gasteiger partial charge in [-0.05, 0) is 42.7 Å². The summed E-state index contributed by atoms with van der Waals surface area (Å²) in [6.07, 6.45) is 4.51. The monoisotopic (exact) mass is 394 g/mol. The van der Waals surface area contributed by atoms with Crippen molar-refractivity contribution in [2.75, 3.05) is 13.1 Å². The van der Waals surface area contributed by atoms with Gasteiger partial charge in [0.25, 0.3) is 5.91 Å². The number of nitrogens with zero attached hydrogens (tertiary/aromatic N) is 4. The Morgan fingerprint density at radius 1 is 1.18 bits per heavy atom. The van der Waals surface area contributed by atoms with Crippen molar-refractivity contribution in [1.82, 2.24) is 19.7 Å². The first-order chi connectivity index (χ1) is 13.6. The Balaban J connectivity index is 1.49. The lowest BCUT2D eigenvalue weighted by Gasteiger charge is -2.32. The van der Waals surface area contributed by atoms with Gasteiger partial charge in [0.1, 0.15) is 5.69 Å². The van der Waals surface area contributed by atoms with Gasteiger partial charge in [-0.2, -0.15) is 5.10 Å². The van der Waals surface area contributed by atoms with Gasteiger partial charge in [0.05, 0.1) is 0 Å². The lowest BCUT2D eigenvalue weighted by atomic mass is 9.93. The molecule has 5 nitrogen and oxygen atoms in total. The molecule has 1 atom stereocenters. The lowest BCUT2D eigenvalue weighted by molar-refractivity contribution is 0.0699. The smallest absolute Gasteiger partial charge is 0.274 e. The molecule has 1 aliphatic heterocycles. The number of carbonyl (C=O) groups excluding carboxylic acids is 1. The standard InChI is InChI=1S/C22H23ClN4O/c1-26-13-11-21(25-26)22(28)27-12-5-7-17(15-27)20-10-4-8-18(24-20)14-16-6-2-3-9-19(16)23/h2-4,6,8-11,13,17H,5,7,12,14-15H2,1H3. The van der Waals surface area contributed by atoms with Crippen LogP contribution in [0.4, 0.5) is 0 Å². The Kier molecular flexibility index (Phi) is 5.44. The Bertz CT molecular complexity index is 984. The number of halogens is 1. The number of hydrogen-bond acceptors (Lipinski definition) is 3. The van der Waals surface area contributed by atoms with Gasteiger partial charge in [0.15, 0.2) is 0 Å². The molecule has 6 heteroatoms. The van der Waals surface area contributed by atoms with Gasteiger partial charge >= 0.3 is 0 Å². The molecule has 3 aromatic rings. The summed E-state index contributed by atoms with van der Waals surface area (Å²) in [5.74, 6) is 0.241. The highest BCUT2D eigenvalue weighted by Gasteiger charge is 2.27. The van der Waals surface area contributed by atoms with Crippen LogP contribution in [0, 0.1) is 0 Å². The minimum absolute atomic E-state index is 0.00229. The molecular formula is C22H23ClN4O. The van der Waals surface area contributed by atoms with E-state index in [-0.39, 0.29) is 11.8 Å². The van der Waals surface area contributed by atoms with E-state index < -0.39 is 0 Å². The number of pyridine rings is 1. The Morgan fingerprint density at radius 2 is 2.04 bits per heavy atom. The molecule has 1 unspecified atom stereocenters. The summed E-state index contributed by atoms with van der Waals surface area (Å²) in [5, 5.41) is 5.01. The van der Waals surface area contributed by atoms with Gasteiger partial charge in [-0.3, -0.25) is 14.5 Å². The molecule has 0 N–H and O–H groups in total. The minimum atomic E-state index is -0.00229. The van der Waals surface area contributed by atoms with Crippen LogP contribution >= 0.6 is 11.6 Å². The molecule has 1 aliphatic rings. The van der Waals surface area contributed by atoms with E-state index in [1.807, 2.05) is 48.3 Å². The van der Waals surface area contributed by atoms with Gasteiger partial charge in [-0.1, -0.05) is 35.9 Å². The van der Waals surface area contributed by atoms with Crippen LogP contribution in [-0.2, 0) is 13.5 Å². The SMILES string of the molecule is Cn1ccc(C(=O)N2CCCC(c3cccc(Cc4ccccc4Cl)n3)C2)n1. The average Bonchev–Trinajstić information content (AvgIpc) is 3.16. The molecule has 0 aliphatic carbocycles. The Morgan fingerprint density at radius 3 is 2.82 bits per heavy atom. The first-order valence-electron chi connectivity index (χ1n) is 9.58. The highest BCUT2D eigenvalue weighted by Crippen LogP contribution is 2.27. The third-order valence-electron chi connectivity index (χ3n) is 5.22. The van der Waals surface area contributed by atoms with Crippen LogP contribution in [0.2, 0.25) is 5.02 Å². The molecule has 3 heterocycles. The van der Waals surface area contributed by atoms with Crippen molar-refractivity contribution in [2.45, 2.75) is 25.2 Å². The van der Waals surface area contributed by atoms with Crippen LogP contribution < -0.4 is 0 Å². The number of rotatable bonds is 4. The number of hydrogen-bond donors (Lipinski definition) is 0. The molecule has 0 saturated carbocycles. The molecule has 144 valence electrons. The van der Waals surface area contributed by atoms with Crippen molar-refractivity contribution < 1.29 is 4.79 Å². The van der Waals surface area contributed by atoms with Crippen LogP contribution in [0.15, 0.2) is 54.7 Å². The zero-order chi connectivity index (χ0) is 19.5. The highest BCUT2D eigenvalue weighted by atomic mass is 35.5. The average molecular weight is 395 g/mol. The molecule has 0 bridgehead atoms. The summed E-state index contributed by atoms with van der Waals surface area (Å²) in [7, 11) is 1.82. The van der Waals surface area contributed by atoms with Gasteiger partial charge in [0.2, 0.25) is 0 Å². The molecule has 1 saturated heterocycles. The molecule has 1 amide bonds. The topological polar surface area (TPSA) is 51.0 Å². The summed E-state index contributed by atoms with van der Waals surface area (Å²) in [4.78, 5) is 19.5. The van der Waals surface area contributed by atoms with E-state index in [0.29, 0.717) is 18.7 Å². The first kappa shape index (κ1) is 18.7. The number of amides is 1. The zero-order valence-corrected chi connectivity index (χ0v) is 16.6. The van der Waals surface area contributed by atoms with Gasteiger partial charge in [-0.25, -0.2) is 0 Å². The number of likely N-dealkylation sites (tertiary alicyclic amines) is 1. The lowest BCUT2D eigenvalue weighted by Crippen LogP contribution is -2.39. The maximum Gasteiger partial charge on any atom is 0.274 e. The van der Waals surface area contributed by atoms with Crippen LogP contribution in [0.5, 0.6) is 0 Å². The molecule has 0 radical (unpaired) electrons. The van der Waals surface area contributed by atoms with Crippen LogP contribution in [0.25, 0.3) is 0 Å². The second-order valence-electron chi connectivity index (χ2n) is 7.29. The van der Waals surface area contributed by atoms with Crippen LogP contribution in [-0.4, -0.2) is 38.7 Å². The molecule has 28 heavy (non-hydrogen) atoms. The third kappa shape index (κ3) is 4.09. The number of aryl methyl sites for hydroxylation is 1. The van der Waals surface area contributed by atoms with Crippen molar-refractivity contribution in [2.24, 2.45) is 7.05 Å². The van der Waals surface area contributed by atoms with Gasteiger partial charge in [-0.15, -0.1) is 0 Å². The molecule has 1 fully saturated rings. The zero-order valence-electron chi connectivity index (χ0n) is 15.9. The third-order valence-corrected chi connectivity index (χ3v) is 5.59. The number of aromatic nitrogens is 3. The summed E-state index contributed by atoms with van der Waals surface area (Å²) in [6, 6.07) is 15.8. The summed E-state index contributed by atoms with van der Waals surface area (Å²) < 4.78 is 1.66. The minimum Gasteiger partial charge on any atom is -0.337 e. The number of benzene rings is 1. The van der Waals surface area contributed by atoms with Crippen molar-refractivity contribution in [3.05, 3.63) is 82.4 Å². The van der Waals surface area contributed by atoms with Crippen molar-refractivity contribution in [3.8, 4) is 0 Å². The predicted octanol–water partition coefficient (Wildman–Crippen LogP) is 4.08. The Hall–Kier alpha value is -2.66. The second kappa shape index (κ2) is 8.15. The van der Waals surface area contributed by atoms with Crippen molar-refractivity contribution in [1.29, 1.82) is 0 Å². The maximum absolute atomic E-state index is 12.8. The van der Waals surface area contributed by atoms with Gasteiger partial charge < -0.3 is 4.90 Å². The second-order valence-corrected chi connectivity index (χ2v) is 7.69.